The van der Waals surface area contributed by atoms with Crippen LogP contribution in [0.3, 0.4) is 0 Å². The molecular weight excluding hydrogens is 188 g/mol. The van der Waals surface area contributed by atoms with E-state index >= 15 is 0 Å². The maximum atomic E-state index is 11.8. The van der Waals surface area contributed by atoms with Crippen molar-refractivity contribution in [2.45, 2.75) is 52.1 Å². The van der Waals surface area contributed by atoms with Crippen molar-refractivity contribution in [1.82, 2.24) is 0 Å². The fraction of sp³-hybridized carbons (Fsp3) is 0.769. The molecule has 0 amide bonds. The summed E-state index contributed by atoms with van der Waals surface area (Å²) in [6.45, 7) is 10.6. The lowest BCUT2D eigenvalue weighted by molar-refractivity contribution is -0.146. The van der Waals surface area contributed by atoms with Gasteiger partial charge in [0.25, 0.3) is 0 Å². The van der Waals surface area contributed by atoms with E-state index in [9.17, 15) is 4.79 Å². The van der Waals surface area contributed by atoms with Crippen LogP contribution in [0.2, 0.25) is 0 Å². The molecule has 0 spiro atoms. The van der Waals surface area contributed by atoms with Crippen LogP contribution < -0.4 is 0 Å². The van der Waals surface area contributed by atoms with Crippen LogP contribution in [0.4, 0.5) is 0 Å². The molecule has 0 heterocycles. The molecule has 0 aromatic heterocycles. The number of hydrogen-bond donors (Lipinski definition) is 0. The molecule has 1 fully saturated rings. The van der Waals surface area contributed by atoms with Crippen LogP contribution in [-0.2, 0) is 9.53 Å². The normalized spacial score (nSPS) is 23.4. The summed E-state index contributed by atoms with van der Waals surface area (Å²) in [6, 6.07) is 0. The van der Waals surface area contributed by atoms with E-state index < -0.39 is 5.60 Å². The first-order chi connectivity index (χ1) is 6.96. The average molecular weight is 210 g/mol. The summed E-state index contributed by atoms with van der Waals surface area (Å²) in [6.07, 6.45) is 5.17. The molecule has 0 atom stereocenters. The zero-order chi connectivity index (χ0) is 11.5. The zero-order valence-corrected chi connectivity index (χ0v) is 10.1. The Bertz CT molecular complexity index is 243. The van der Waals surface area contributed by atoms with Crippen LogP contribution in [0.15, 0.2) is 12.7 Å². The lowest BCUT2D eigenvalue weighted by Crippen LogP contribution is -2.45. The maximum Gasteiger partial charge on any atom is 0.186 e. The van der Waals surface area contributed by atoms with Gasteiger partial charge in [-0.2, -0.15) is 0 Å². The molecule has 0 N–H and O–H groups in total. The molecule has 0 radical (unpaired) electrons. The second-order valence-corrected chi connectivity index (χ2v) is 5.16. The molecule has 0 aromatic carbocycles. The van der Waals surface area contributed by atoms with E-state index in [4.69, 9.17) is 4.74 Å². The summed E-state index contributed by atoms with van der Waals surface area (Å²) in [7, 11) is 0. The summed E-state index contributed by atoms with van der Waals surface area (Å²) < 4.78 is 5.70. The largest absolute Gasteiger partial charge is 0.367 e. The zero-order valence-electron chi connectivity index (χ0n) is 10.1. The van der Waals surface area contributed by atoms with Crippen molar-refractivity contribution in [1.29, 1.82) is 0 Å². The van der Waals surface area contributed by atoms with Crippen molar-refractivity contribution in [3.05, 3.63) is 12.7 Å². The van der Waals surface area contributed by atoms with Gasteiger partial charge in [0, 0.05) is 6.61 Å². The first-order valence-corrected chi connectivity index (χ1v) is 5.77. The van der Waals surface area contributed by atoms with Crippen molar-refractivity contribution < 1.29 is 9.53 Å². The second-order valence-electron chi connectivity index (χ2n) is 5.16. The molecule has 0 bridgehead atoms. The molecule has 1 rings (SSSR count). The van der Waals surface area contributed by atoms with Crippen LogP contribution in [0.25, 0.3) is 0 Å². The Balaban J connectivity index is 2.77. The standard InChI is InChI=1S/C13H22O2/c1-5-11(14)13(15-6-2)9-7-12(3,4)8-10-13/h5H,1,6-10H2,2-4H3. The molecular formula is C13H22O2. The fourth-order valence-electron chi connectivity index (χ4n) is 2.25. The monoisotopic (exact) mass is 210 g/mol. The van der Waals surface area contributed by atoms with Gasteiger partial charge in [-0.3, -0.25) is 4.79 Å². The average Bonchev–Trinajstić information content (AvgIpc) is 2.21. The summed E-state index contributed by atoms with van der Waals surface area (Å²) in [4.78, 5) is 11.8. The molecule has 0 aromatic rings. The van der Waals surface area contributed by atoms with Crippen LogP contribution in [0, 0.1) is 5.41 Å². The number of ketones is 1. The Morgan fingerprint density at radius 2 is 1.87 bits per heavy atom. The molecule has 0 saturated heterocycles. The van der Waals surface area contributed by atoms with Crippen molar-refractivity contribution in [2.75, 3.05) is 6.61 Å². The van der Waals surface area contributed by atoms with Crippen molar-refractivity contribution in [3.8, 4) is 0 Å². The Hall–Kier alpha value is -0.630. The van der Waals surface area contributed by atoms with Crippen molar-refractivity contribution in [3.63, 3.8) is 0 Å². The van der Waals surface area contributed by atoms with Gasteiger partial charge >= 0.3 is 0 Å². The quantitative estimate of drug-likeness (QED) is 0.666. The Kier molecular flexibility index (Phi) is 3.72. The van der Waals surface area contributed by atoms with E-state index in [0.717, 1.165) is 25.7 Å². The van der Waals surface area contributed by atoms with Gasteiger partial charge in [0.05, 0.1) is 0 Å². The van der Waals surface area contributed by atoms with Crippen LogP contribution in [-0.4, -0.2) is 18.0 Å². The first kappa shape index (κ1) is 12.4. The minimum atomic E-state index is -0.563. The number of carbonyl (C=O) groups excluding carboxylic acids is 1. The Morgan fingerprint density at radius 3 is 2.27 bits per heavy atom. The SMILES string of the molecule is C=CC(=O)C1(OCC)CCC(C)(C)CC1. The minimum Gasteiger partial charge on any atom is -0.367 e. The Labute approximate surface area is 92.7 Å². The third-order valence-electron chi connectivity index (χ3n) is 3.47. The highest BCUT2D eigenvalue weighted by molar-refractivity contribution is 5.96. The van der Waals surface area contributed by atoms with E-state index in [2.05, 4.69) is 20.4 Å². The number of rotatable bonds is 4. The third kappa shape index (κ3) is 2.69. The fourth-order valence-corrected chi connectivity index (χ4v) is 2.25. The van der Waals surface area contributed by atoms with Gasteiger partial charge in [0.15, 0.2) is 5.78 Å². The predicted octanol–water partition coefficient (Wildman–Crippen LogP) is 3.12. The smallest absolute Gasteiger partial charge is 0.186 e. The number of ether oxygens (including phenoxy) is 1. The molecule has 1 aliphatic carbocycles. The van der Waals surface area contributed by atoms with Crippen LogP contribution >= 0.6 is 0 Å². The molecule has 2 nitrogen and oxygen atoms in total. The summed E-state index contributed by atoms with van der Waals surface area (Å²) >= 11 is 0. The second kappa shape index (κ2) is 4.48. The third-order valence-corrected chi connectivity index (χ3v) is 3.47. The summed E-state index contributed by atoms with van der Waals surface area (Å²) in [5, 5.41) is 0. The summed E-state index contributed by atoms with van der Waals surface area (Å²) in [5.41, 5.74) is -0.214. The molecule has 1 saturated carbocycles. The molecule has 0 unspecified atom stereocenters. The highest BCUT2D eigenvalue weighted by Crippen LogP contribution is 2.42. The van der Waals surface area contributed by atoms with Crippen LogP contribution in [0.5, 0.6) is 0 Å². The topological polar surface area (TPSA) is 26.3 Å². The van der Waals surface area contributed by atoms with E-state index in [1.807, 2.05) is 6.92 Å². The van der Waals surface area contributed by atoms with Gasteiger partial charge in [-0.1, -0.05) is 20.4 Å². The van der Waals surface area contributed by atoms with E-state index in [0.29, 0.717) is 12.0 Å². The van der Waals surface area contributed by atoms with Crippen molar-refractivity contribution >= 4 is 5.78 Å². The first-order valence-electron chi connectivity index (χ1n) is 5.77. The minimum absolute atomic E-state index is 0.0554. The van der Waals surface area contributed by atoms with Gasteiger partial charge in [-0.25, -0.2) is 0 Å². The molecule has 2 heteroatoms. The van der Waals surface area contributed by atoms with Gasteiger partial charge < -0.3 is 4.74 Å². The summed E-state index contributed by atoms with van der Waals surface area (Å²) in [5.74, 6) is 0.0554. The van der Waals surface area contributed by atoms with Gasteiger partial charge in [0.1, 0.15) is 5.60 Å². The Morgan fingerprint density at radius 1 is 1.33 bits per heavy atom. The predicted molar refractivity (Wildman–Crippen MR) is 61.8 cm³/mol. The van der Waals surface area contributed by atoms with Crippen molar-refractivity contribution in [2.24, 2.45) is 5.41 Å². The van der Waals surface area contributed by atoms with Gasteiger partial charge in [-0.05, 0) is 44.1 Å². The lowest BCUT2D eigenvalue weighted by Gasteiger charge is -2.41. The van der Waals surface area contributed by atoms with Gasteiger partial charge in [0.2, 0.25) is 0 Å². The van der Waals surface area contributed by atoms with E-state index in [-0.39, 0.29) is 5.78 Å². The van der Waals surface area contributed by atoms with E-state index in [1.54, 1.807) is 0 Å². The number of hydrogen-bond acceptors (Lipinski definition) is 2. The number of carbonyl (C=O) groups is 1. The van der Waals surface area contributed by atoms with E-state index in [1.165, 1.54) is 6.08 Å². The van der Waals surface area contributed by atoms with Crippen LogP contribution in [0.1, 0.15) is 46.5 Å². The molecule has 1 aliphatic rings. The molecule has 86 valence electrons. The highest BCUT2D eigenvalue weighted by atomic mass is 16.5. The molecule has 0 aliphatic heterocycles. The maximum absolute atomic E-state index is 11.8. The van der Waals surface area contributed by atoms with Gasteiger partial charge in [-0.15, -0.1) is 0 Å². The lowest BCUT2D eigenvalue weighted by atomic mass is 9.69. The highest BCUT2D eigenvalue weighted by Gasteiger charge is 2.43. The molecule has 15 heavy (non-hydrogen) atoms.